The lowest BCUT2D eigenvalue weighted by Crippen LogP contribution is -2.06. The summed E-state index contributed by atoms with van der Waals surface area (Å²) < 4.78 is 7.66. The third-order valence-corrected chi connectivity index (χ3v) is 6.60. The van der Waals surface area contributed by atoms with Gasteiger partial charge in [0, 0.05) is 84.6 Å². The number of hydrogen-bond acceptors (Lipinski definition) is 5. The minimum Gasteiger partial charge on any atom is -0.496 e. The summed E-state index contributed by atoms with van der Waals surface area (Å²) in [6.45, 7) is 2.02. The van der Waals surface area contributed by atoms with Gasteiger partial charge in [-0.15, -0.1) is 0 Å². The standard InChI is InChI=1S/C21H18IN3OS.C3H7NO/c1-13-9-14(7-8-19(13)23)15-10-17-18(12-25(27-22)21(17)24-11-15)16-5-3-4-6-20(16)26-2;1-4(2)3-5/h3-12H,23H2,1-2H3;3H,1-2H3. The molecule has 0 unspecified atom stereocenters. The number of hydrogen-bond donors (Lipinski definition) is 1. The van der Waals surface area contributed by atoms with Gasteiger partial charge in [0.1, 0.15) is 5.75 Å². The Balaban J connectivity index is 0.000000523. The second-order valence-electron chi connectivity index (χ2n) is 7.37. The maximum Gasteiger partial charge on any atom is 0.209 e. The number of pyridine rings is 1. The number of aromatic nitrogens is 2. The lowest BCUT2D eigenvalue weighted by molar-refractivity contribution is -0.115. The van der Waals surface area contributed by atoms with Crippen LogP contribution in [0.5, 0.6) is 5.75 Å². The summed E-state index contributed by atoms with van der Waals surface area (Å²) in [4.78, 5) is 15.6. The van der Waals surface area contributed by atoms with Crippen molar-refractivity contribution in [3.8, 4) is 28.0 Å². The SMILES string of the molecule is CN(C)C=O.COc1ccccc1-c1cn(SI)c2ncc(-c3ccc(N)c(C)c3)cc12. The Kier molecular flexibility index (Phi) is 8.03. The zero-order valence-corrected chi connectivity index (χ0v) is 21.3. The van der Waals surface area contributed by atoms with E-state index < -0.39 is 0 Å². The first-order valence-corrected chi connectivity index (χ1v) is 13.1. The number of amides is 1. The number of ether oxygens (including phenoxy) is 1. The lowest BCUT2D eigenvalue weighted by Gasteiger charge is -2.08. The molecule has 2 aromatic heterocycles. The van der Waals surface area contributed by atoms with Crippen LogP contribution in [-0.2, 0) is 4.79 Å². The van der Waals surface area contributed by atoms with Crippen molar-refractivity contribution in [3.63, 3.8) is 0 Å². The van der Waals surface area contributed by atoms with E-state index in [4.69, 9.17) is 15.5 Å². The van der Waals surface area contributed by atoms with Crippen molar-refractivity contribution in [1.82, 2.24) is 13.9 Å². The predicted molar refractivity (Wildman–Crippen MR) is 143 cm³/mol. The summed E-state index contributed by atoms with van der Waals surface area (Å²) in [5, 5.41) is 1.09. The van der Waals surface area contributed by atoms with Crippen LogP contribution in [0, 0.1) is 6.92 Å². The highest BCUT2D eigenvalue weighted by Crippen LogP contribution is 2.39. The number of carbonyl (C=O) groups excluding carboxylic acids is 1. The van der Waals surface area contributed by atoms with Crippen molar-refractivity contribution < 1.29 is 9.53 Å². The summed E-state index contributed by atoms with van der Waals surface area (Å²) in [5.41, 5.74) is 13.1. The number of halogens is 1. The largest absolute Gasteiger partial charge is 0.496 e. The molecule has 166 valence electrons. The van der Waals surface area contributed by atoms with E-state index in [1.165, 1.54) is 4.90 Å². The quantitative estimate of drug-likeness (QED) is 0.189. The van der Waals surface area contributed by atoms with Gasteiger partial charge in [0.2, 0.25) is 6.41 Å². The highest BCUT2D eigenvalue weighted by molar-refractivity contribution is 14.2. The van der Waals surface area contributed by atoms with Gasteiger partial charge >= 0.3 is 0 Å². The molecule has 6 nitrogen and oxygen atoms in total. The maximum absolute atomic E-state index is 9.43. The van der Waals surface area contributed by atoms with Gasteiger partial charge in [-0.3, -0.25) is 8.77 Å². The highest BCUT2D eigenvalue weighted by Gasteiger charge is 2.16. The fourth-order valence-electron chi connectivity index (χ4n) is 3.23. The molecule has 0 saturated carbocycles. The average Bonchev–Trinajstić information content (AvgIpc) is 3.19. The predicted octanol–water partition coefficient (Wildman–Crippen LogP) is 5.82. The normalized spacial score (nSPS) is 10.4. The molecule has 4 rings (SSSR count). The van der Waals surface area contributed by atoms with Crippen molar-refractivity contribution in [2.24, 2.45) is 0 Å². The van der Waals surface area contributed by atoms with Crippen LogP contribution in [-0.4, -0.2) is 41.5 Å². The molecule has 4 aromatic rings. The van der Waals surface area contributed by atoms with Crippen molar-refractivity contribution in [1.29, 1.82) is 0 Å². The van der Waals surface area contributed by atoms with E-state index in [0.717, 1.165) is 56.7 Å². The molecule has 32 heavy (non-hydrogen) atoms. The van der Waals surface area contributed by atoms with Crippen LogP contribution >= 0.6 is 30.3 Å². The fourth-order valence-corrected chi connectivity index (χ4v) is 4.48. The lowest BCUT2D eigenvalue weighted by atomic mass is 10.0. The molecule has 8 heteroatoms. The van der Waals surface area contributed by atoms with E-state index in [2.05, 4.69) is 49.6 Å². The van der Waals surface area contributed by atoms with Crippen LogP contribution in [0.1, 0.15) is 5.56 Å². The van der Waals surface area contributed by atoms with Gasteiger partial charge in [0.05, 0.1) is 7.11 Å². The van der Waals surface area contributed by atoms with Crippen molar-refractivity contribution >= 4 is 53.5 Å². The Labute approximate surface area is 204 Å². The van der Waals surface area contributed by atoms with Gasteiger partial charge in [-0.1, -0.05) is 24.3 Å². The van der Waals surface area contributed by atoms with Gasteiger partial charge in [0.15, 0.2) is 5.65 Å². The minimum absolute atomic E-state index is 0.750. The smallest absolute Gasteiger partial charge is 0.209 e. The summed E-state index contributed by atoms with van der Waals surface area (Å²) in [6, 6.07) is 16.4. The van der Waals surface area contributed by atoms with E-state index in [1.54, 1.807) is 30.3 Å². The van der Waals surface area contributed by atoms with Crippen LogP contribution < -0.4 is 10.5 Å². The van der Waals surface area contributed by atoms with E-state index in [1.807, 2.05) is 43.5 Å². The van der Waals surface area contributed by atoms with E-state index >= 15 is 0 Å². The summed E-state index contributed by atoms with van der Waals surface area (Å²) in [6.07, 6.45) is 4.79. The number of nitrogens with zero attached hydrogens (tertiary/aromatic N) is 3. The van der Waals surface area contributed by atoms with Gasteiger partial charge in [-0.05, 0) is 42.3 Å². The van der Waals surface area contributed by atoms with Gasteiger partial charge < -0.3 is 15.4 Å². The number of rotatable bonds is 5. The molecule has 0 spiro atoms. The second-order valence-corrected chi connectivity index (χ2v) is 9.09. The molecule has 1 amide bonds. The molecule has 2 heterocycles. The van der Waals surface area contributed by atoms with Crippen LogP contribution in [0.15, 0.2) is 60.9 Å². The highest BCUT2D eigenvalue weighted by atomic mass is 127. The second kappa shape index (κ2) is 10.7. The van der Waals surface area contributed by atoms with Crippen molar-refractivity contribution in [2.45, 2.75) is 6.92 Å². The summed E-state index contributed by atoms with van der Waals surface area (Å²) >= 11 is 2.27. The van der Waals surface area contributed by atoms with Crippen molar-refractivity contribution in [3.05, 3.63) is 66.5 Å². The first kappa shape index (κ1) is 23.9. The van der Waals surface area contributed by atoms with Crippen LogP contribution in [0.3, 0.4) is 0 Å². The van der Waals surface area contributed by atoms with E-state index in [9.17, 15) is 4.79 Å². The van der Waals surface area contributed by atoms with Crippen LogP contribution in [0.25, 0.3) is 33.3 Å². The molecule has 0 atom stereocenters. The number of nitrogens with two attached hydrogens (primary N) is 1. The number of fused-ring (bicyclic) bond motifs is 1. The first-order valence-electron chi connectivity index (χ1n) is 9.81. The average molecular weight is 560 g/mol. The molecule has 0 aliphatic heterocycles. The van der Waals surface area contributed by atoms with Crippen molar-refractivity contribution in [2.75, 3.05) is 26.9 Å². The minimum atomic E-state index is 0.750. The van der Waals surface area contributed by atoms with Gasteiger partial charge in [-0.2, -0.15) is 0 Å². The number of carbonyl (C=O) groups is 1. The van der Waals surface area contributed by atoms with Crippen LogP contribution in [0.4, 0.5) is 5.69 Å². The van der Waals surface area contributed by atoms with Gasteiger partial charge in [-0.25, -0.2) is 4.98 Å². The van der Waals surface area contributed by atoms with E-state index in [0.29, 0.717) is 0 Å². The third kappa shape index (κ3) is 5.18. The van der Waals surface area contributed by atoms with E-state index in [-0.39, 0.29) is 0 Å². The van der Waals surface area contributed by atoms with Crippen LogP contribution in [0.2, 0.25) is 0 Å². The zero-order valence-electron chi connectivity index (χ0n) is 18.4. The maximum atomic E-state index is 9.43. The van der Waals surface area contributed by atoms with Gasteiger partial charge in [0.25, 0.3) is 0 Å². The topological polar surface area (TPSA) is 73.4 Å². The third-order valence-electron chi connectivity index (χ3n) is 4.90. The Morgan fingerprint density at radius 3 is 2.47 bits per heavy atom. The molecular formula is C24H25IN4O2S. The Morgan fingerprint density at radius 1 is 1.12 bits per heavy atom. The Hall–Kier alpha value is -2.72. The number of benzene rings is 2. The summed E-state index contributed by atoms with van der Waals surface area (Å²) in [5.74, 6) is 0.851. The fraction of sp³-hybridized carbons (Fsp3) is 0.167. The molecule has 2 N–H and O–H groups in total. The molecule has 0 saturated heterocycles. The molecule has 0 aliphatic carbocycles. The Bertz CT molecular complexity index is 1240. The number of anilines is 1. The zero-order chi connectivity index (χ0) is 23.3. The monoisotopic (exact) mass is 560 g/mol. The number of methoxy groups -OCH3 is 1. The number of aryl methyl sites for hydroxylation is 1. The molecule has 0 bridgehead atoms. The summed E-state index contributed by atoms with van der Waals surface area (Å²) in [7, 11) is 6.68. The number of nitrogen functional groups attached to an aromatic ring is 1. The first-order chi connectivity index (χ1) is 15.4. The molecule has 2 aromatic carbocycles. The molecular weight excluding hydrogens is 535 g/mol. The molecule has 0 fully saturated rings. The molecule has 0 radical (unpaired) electrons. The molecule has 0 aliphatic rings. The number of para-hydroxylation sites is 1. The Morgan fingerprint density at radius 2 is 1.84 bits per heavy atom.